The van der Waals surface area contributed by atoms with Crippen molar-refractivity contribution >= 4 is 29.0 Å². The minimum atomic E-state index is 0.207. The quantitative estimate of drug-likeness (QED) is 0.327. The number of carbonyl (C=O) groups excluding carboxylic acids is 1. The minimum Gasteiger partial charge on any atom is -0.378 e. The molecule has 0 spiro atoms. The zero-order chi connectivity index (χ0) is 25.8. The molecule has 2 unspecified atom stereocenters. The molecule has 4 rings (SSSR count). The Labute approximate surface area is 225 Å². The van der Waals surface area contributed by atoms with Crippen molar-refractivity contribution in [2.75, 3.05) is 28.2 Å². The Morgan fingerprint density at radius 3 is 1.50 bits per heavy atom. The SMILES string of the molecule is CN(C)C1=CC(c2ccc(Cl)cc2CCC(=O)CCc2cc(Cl)ccc2C2C=CC(N(C)C)=C2)C=C1. The number of allylic oxidation sites excluding steroid dienone is 6. The van der Waals surface area contributed by atoms with Gasteiger partial charge in [-0.2, -0.15) is 0 Å². The highest BCUT2D eigenvalue weighted by Gasteiger charge is 2.19. The Hall–Kier alpha value is -2.75. The molecule has 2 aliphatic carbocycles. The number of halogens is 2. The van der Waals surface area contributed by atoms with Gasteiger partial charge >= 0.3 is 0 Å². The molecule has 3 nitrogen and oxygen atoms in total. The number of aryl methyl sites for hydroxylation is 2. The predicted octanol–water partition coefficient (Wildman–Crippen LogP) is 7.33. The van der Waals surface area contributed by atoms with Gasteiger partial charge in [0.25, 0.3) is 0 Å². The highest BCUT2D eigenvalue weighted by Crippen LogP contribution is 2.33. The van der Waals surface area contributed by atoms with Gasteiger partial charge in [0.15, 0.2) is 0 Å². The number of nitrogens with zero attached hydrogens (tertiary/aromatic N) is 2. The van der Waals surface area contributed by atoms with E-state index in [1.54, 1.807) is 0 Å². The molecule has 5 heteroatoms. The van der Waals surface area contributed by atoms with E-state index < -0.39 is 0 Å². The summed E-state index contributed by atoms with van der Waals surface area (Å²) in [6.45, 7) is 0. The van der Waals surface area contributed by atoms with Crippen LogP contribution in [0.15, 0.2) is 84.2 Å². The van der Waals surface area contributed by atoms with Gasteiger partial charge in [0.1, 0.15) is 5.78 Å². The number of likely N-dealkylation sites (N-methyl/N-ethyl adjacent to an activating group) is 2. The number of Topliss-reactive ketones (excluding diaryl/α,β-unsaturated/α-hetero) is 1. The van der Waals surface area contributed by atoms with E-state index in [2.05, 4.69) is 58.4 Å². The first-order chi connectivity index (χ1) is 17.2. The van der Waals surface area contributed by atoms with Crippen molar-refractivity contribution in [1.82, 2.24) is 9.80 Å². The Kier molecular flexibility index (Phi) is 8.43. The minimum absolute atomic E-state index is 0.207. The van der Waals surface area contributed by atoms with E-state index in [0.29, 0.717) is 35.7 Å². The van der Waals surface area contributed by atoms with Crippen molar-refractivity contribution in [3.05, 3.63) is 117 Å². The first-order valence-electron chi connectivity index (χ1n) is 12.4. The first kappa shape index (κ1) is 26.3. The lowest BCUT2D eigenvalue weighted by atomic mass is 9.90. The third-order valence-electron chi connectivity index (χ3n) is 6.96. The Morgan fingerprint density at radius 1 is 0.722 bits per heavy atom. The van der Waals surface area contributed by atoms with E-state index in [-0.39, 0.29) is 17.6 Å². The summed E-state index contributed by atoms with van der Waals surface area (Å²) in [5, 5.41) is 1.41. The number of hydrogen-bond donors (Lipinski definition) is 0. The molecule has 0 radical (unpaired) electrons. The summed E-state index contributed by atoms with van der Waals surface area (Å²) in [5.74, 6) is 0.668. The molecule has 0 heterocycles. The molecule has 0 fully saturated rings. The average Bonchev–Trinajstić information content (AvgIpc) is 3.52. The van der Waals surface area contributed by atoms with Crippen molar-refractivity contribution < 1.29 is 4.79 Å². The van der Waals surface area contributed by atoms with Crippen LogP contribution in [0.1, 0.15) is 46.9 Å². The van der Waals surface area contributed by atoms with Crippen LogP contribution in [0, 0.1) is 0 Å². The van der Waals surface area contributed by atoms with Gasteiger partial charge in [-0.15, -0.1) is 0 Å². The summed E-state index contributed by atoms with van der Waals surface area (Å²) in [4.78, 5) is 17.2. The maximum absolute atomic E-state index is 13.0. The van der Waals surface area contributed by atoms with Gasteiger partial charge < -0.3 is 9.80 Å². The Morgan fingerprint density at radius 2 is 1.14 bits per heavy atom. The zero-order valence-corrected chi connectivity index (χ0v) is 23.0. The van der Waals surface area contributed by atoms with Gasteiger partial charge in [0.2, 0.25) is 0 Å². The van der Waals surface area contributed by atoms with Crippen LogP contribution in [-0.2, 0) is 17.6 Å². The molecule has 0 saturated heterocycles. The summed E-state index contributed by atoms with van der Waals surface area (Å²) in [7, 11) is 8.19. The maximum atomic E-state index is 13.0. The van der Waals surface area contributed by atoms with E-state index in [9.17, 15) is 4.79 Å². The highest BCUT2D eigenvalue weighted by atomic mass is 35.5. The van der Waals surface area contributed by atoms with Crippen molar-refractivity contribution in [3.8, 4) is 0 Å². The summed E-state index contributed by atoms with van der Waals surface area (Å²) in [5.41, 5.74) is 7.10. The number of ketones is 1. The average molecular weight is 522 g/mol. The molecule has 2 aromatic rings. The second kappa shape index (κ2) is 11.5. The van der Waals surface area contributed by atoms with Crippen molar-refractivity contribution in [2.45, 2.75) is 37.5 Å². The van der Waals surface area contributed by atoms with Crippen LogP contribution in [0.5, 0.6) is 0 Å². The molecule has 0 aromatic heterocycles. The molecule has 36 heavy (non-hydrogen) atoms. The van der Waals surface area contributed by atoms with E-state index in [1.165, 1.54) is 22.5 Å². The van der Waals surface area contributed by atoms with Crippen LogP contribution >= 0.6 is 23.2 Å². The van der Waals surface area contributed by atoms with Crippen LogP contribution in [0.25, 0.3) is 0 Å². The topological polar surface area (TPSA) is 23.6 Å². The fraction of sp³-hybridized carbons (Fsp3) is 0.323. The molecule has 0 bridgehead atoms. The van der Waals surface area contributed by atoms with Crippen LogP contribution in [0.3, 0.4) is 0 Å². The van der Waals surface area contributed by atoms with E-state index in [4.69, 9.17) is 23.2 Å². The second-order valence-electron chi connectivity index (χ2n) is 9.97. The van der Waals surface area contributed by atoms with E-state index >= 15 is 0 Å². The van der Waals surface area contributed by atoms with E-state index in [1.807, 2.05) is 52.5 Å². The van der Waals surface area contributed by atoms with Gasteiger partial charge in [-0.3, -0.25) is 4.79 Å². The molecule has 0 aliphatic heterocycles. The van der Waals surface area contributed by atoms with Crippen LogP contribution < -0.4 is 0 Å². The molecule has 188 valence electrons. The van der Waals surface area contributed by atoms with Crippen LogP contribution in [-0.4, -0.2) is 43.8 Å². The van der Waals surface area contributed by atoms with Gasteiger partial charge in [0, 0.05) is 74.3 Å². The van der Waals surface area contributed by atoms with E-state index in [0.717, 1.165) is 11.1 Å². The van der Waals surface area contributed by atoms with Gasteiger partial charge in [-0.05, 0) is 83.7 Å². The third kappa shape index (κ3) is 6.32. The van der Waals surface area contributed by atoms with Crippen LogP contribution in [0.4, 0.5) is 0 Å². The monoisotopic (exact) mass is 520 g/mol. The summed E-state index contributed by atoms with van der Waals surface area (Å²) < 4.78 is 0. The maximum Gasteiger partial charge on any atom is 0.133 e. The Bertz CT molecular complexity index is 1160. The molecule has 2 atom stereocenters. The highest BCUT2D eigenvalue weighted by molar-refractivity contribution is 6.31. The number of benzene rings is 2. The fourth-order valence-electron chi connectivity index (χ4n) is 4.88. The molecule has 0 amide bonds. The molecular formula is C31H34Cl2N2O. The lowest BCUT2D eigenvalue weighted by Gasteiger charge is -2.16. The summed E-state index contributed by atoms with van der Waals surface area (Å²) in [6, 6.07) is 12.1. The summed E-state index contributed by atoms with van der Waals surface area (Å²) in [6.07, 6.45) is 15.6. The third-order valence-corrected chi connectivity index (χ3v) is 7.43. The van der Waals surface area contributed by atoms with Crippen LogP contribution in [0.2, 0.25) is 10.0 Å². The van der Waals surface area contributed by atoms with Gasteiger partial charge in [-0.1, -0.05) is 47.5 Å². The van der Waals surface area contributed by atoms with Gasteiger partial charge in [0.05, 0.1) is 0 Å². The van der Waals surface area contributed by atoms with Crippen molar-refractivity contribution in [3.63, 3.8) is 0 Å². The van der Waals surface area contributed by atoms with Crippen molar-refractivity contribution in [2.24, 2.45) is 0 Å². The smallest absolute Gasteiger partial charge is 0.133 e. The van der Waals surface area contributed by atoms with Crippen molar-refractivity contribution in [1.29, 1.82) is 0 Å². The normalized spacial score (nSPS) is 18.4. The fourth-order valence-corrected chi connectivity index (χ4v) is 5.27. The second-order valence-corrected chi connectivity index (χ2v) is 10.8. The molecule has 0 saturated carbocycles. The molecule has 0 N–H and O–H groups in total. The zero-order valence-electron chi connectivity index (χ0n) is 21.5. The molecule has 2 aliphatic rings. The standard InChI is InChI=1S/C31H34Cl2N2O/c1-34(2)27-11-5-23(19-27)30-15-9-25(32)17-21(30)7-13-29(36)14-8-22-18-26(33)10-16-31(22)24-6-12-28(20-24)35(3)4/h5-6,9-12,15-20,23-24H,7-8,13-14H2,1-4H3. The summed E-state index contributed by atoms with van der Waals surface area (Å²) >= 11 is 12.7. The Balaban J connectivity index is 1.42. The lowest BCUT2D eigenvalue weighted by Crippen LogP contribution is -2.08. The molecule has 2 aromatic carbocycles. The van der Waals surface area contributed by atoms with Gasteiger partial charge in [-0.25, -0.2) is 0 Å². The predicted molar refractivity (Wildman–Crippen MR) is 152 cm³/mol. The number of carbonyl (C=O) groups is 1. The molecular weight excluding hydrogens is 487 g/mol. The largest absolute Gasteiger partial charge is 0.378 e. The number of rotatable bonds is 10. The number of hydrogen-bond acceptors (Lipinski definition) is 3. The lowest BCUT2D eigenvalue weighted by molar-refractivity contribution is -0.119. The first-order valence-corrected chi connectivity index (χ1v) is 13.2.